The van der Waals surface area contributed by atoms with Crippen LogP contribution in [-0.4, -0.2) is 22.4 Å². The van der Waals surface area contributed by atoms with Crippen molar-refractivity contribution in [2.45, 2.75) is 50.7 Å². The molecule has 0 aromatic carbocycles. The van der Waals surface area contributed by atoms with Crippen LogP contribution in [0, 0.1) is 11.8 Å². The summed E-state index contributed by atoms with van der Waals surface area (Å²) in [5.41, 5.74) is 0. The maximum absolute atomic E-state index is 9.71. The van der Waals surface area contributed by atoms with E-state index in [-0.39, 0.29) is 12.2 Å². The monoisotopic (exact) mass is 170 g/mol. The minimum Gasteiger partial charge on any atom is -0.393 e. The Morgan fingerprint density at radius 1 is 0.917 bits per heavy atom. The van der Waals surface area contributed by atoms with Crippen molar-refractivity contribution < 1.29 is 10.2 Å². The second-order valence-corrected chi connectivity index (χ2v) is 4.39. The van der Waals surface area contributed by atoms with E-state index in [1.165, 1.54) is 12.8 Å². The maximum atomic E-state index is 9.71. The van der Waals surface area contributed by atoms with Crippen molar-refractivity contribution in [3.8, 4) is 0 Å². The van der Waals surface area contributed by atoms with E-state index in [2.05, 4.69) is 0 Å². The van der Waals surface area contributed by atoms with Crippen LogP contribution in [0.25, 0.3) is 0 Å². The van der Waals surface area contributed by atoms with E-state index in [1.54, 1.807) is 0 Å². The smallest absolute Gasteiger partial charge is 0.0572 e. The first kappa shape index (κ1) is 8.52. The van der Waals surface area contributed by atoms with Crippen LogP contribution in [0.1, 0.15) is 38.5 Å². The maximum Gasteiger partial charge on any atom is 0.0572 e. The quantitative estimate of drug-likeness (QED) is 0.575. The highest BCUT2D eigenvalue weighted by Gasteiger charge is 2.36. The van der Waals surface area contributed by atoms with Crippen LogP contribution in [-0.2, 0) is 0 Å². The SMILES string of the molecule is OC1CCC2CCCC(O)C2C1. The van der Waals surface area contributed by atoms with Gasteiger partial charge in [0.1, 0.15) is 0 Å². The molecule has 2 N–H and O–H groups in total. The van der Waals surface area contributed by atoms with Crippen molar-refractivity contribution in [3.05, 3.63) is 0 Å². The summed E-state index contributed by atoms with van der Waals surface area (Å²) in [6.07, 6.45) is 6.06. The van der Waals surface area contributed by atoms with Crippen LogP contribution in [0.5, 0.6) is 0 Å². The number of hydrogen-bond acceptors (Lipinski definition) is 2. The van der Waals surface area contributed by atoms with Gasteiger partial charge in [-0.3, -0.25) is 0 Å². The zero-order valence-electron chi connectivity index (χ0n) is 7.45. The van der Waals surface area contributed by atoms with E-state index in [1.807, 2.05) is 0 Å². The number of rotatable bonds is 0. The minimum atomic E-state index is -0.140. The summed E-state index contributed by atoms with van der Waals surface area (Å²) in [4.78, 5) is 0. The Morgan fingerprint density at radius 3 is 2.58 bits per heavy atom. The molecular formula is C10H18O2. The minimum absolute atomic E-state index is 0.126. The molecular weight excluding hydrogens is 152 g/mol. The molecule has 2 rings (SSSR count). The summed E-state index contributed by atoms with van der Waals surface area (Å²) in [7, 11) is 0. The van der Waals surface area contributed by atoms with Gasteiger partial charge in [-0.2, -0.15) is 0 Å². The summed E-state index contributed by atoms with van der Waals surface area (Å²) in [5.74, 6) is 1.11. The molecule has 0 spiro atoms. The highest BCUT2D eigenvalue weighted by Crippen LogP contribution is 2.40. The third-order valence-electron chi connectivity index (χ3n) is 3.59. The van der Waals surface area contributed by atoms with Gasteiger partial charge in [-0.05, 0) is 43.9 Å². The fourth-order valence-electron chi connectivity index (χ4n) is 2.88. The molecule has 2 fully saturated rings. The lowest BCUT2D eigenvalue weighted by molar-refractivity contribution is -0.0301. The zero-order valence-corrected chi connectivity index (χ0v) is 7.45. The highest BCUT2D eigenvalue weighted by atomic mass is 16.3. The number of aliphatic hydroxyl groups is 2. The molecule has 0 radical (unpaired) electrons. The van der Waals surface area contributed by atoms with Gasteiger partial charge in [0.2, 0.25) is 0 Å². The molecule has 0 bridgehead atoms. The van der Waals surface area contributed by atoms with Gasteiger partial charge in [0.05, 0.1) is 12.2 Å². The molecule has 2 heteroatoms. The van der Waals surface area contributed by atoms with Gasteiger partial charge >= 0.3 is 0 Å². The number of aliphatic hydroxyl groups excluding tert-OH is 2. The molecule has 0 aliphatic heterocycles. The predicted octanol–water partition coefficient (Wildman–Crippen LogP) is 1.31. The third kappa shape index (κ3) is 1.50. The molecule has 2 aliphatic rings. The lowest BCUT2D eigenvalue weighted by Crippen LogP contribution is -2.38. The first-order valence-electron chi connectivity index (χ1n) is 5.13. The largest absolute Gasteiger partial charge is 0.393 e. The van der Waals surface area contributed by atoms with Gasteiger partial charge in [-0.15, -0.1) is 0 Å². The number of hydrogen-bond donors (Lipinski definition) is 2. The normalized spacial score (nSPS) is 48.5. The van der Waals surface area contributed by atoms with E-state index in [0.29, 0.717) is 11.8 Å². The molecule has 0 saturated heterocycles. The Balaban J connectivity index is 2.00. The van der Waals surface area contributed by atoms with Crippen LogP contribution < -0.4 is 0 Å². The number of fused-ring (bicyclic) bond motifs is 1. The zero-order chi connectivity index (χ0) is 8.55. The summed E-state index contributed by atoms with van der Waals surface area (Å²) < 4.78 is 0. The molecule has 0 aromatic rings. The van der Waals surface area contributed by atoms with Crippen molar-refractivity contribution >= 4 is 0 Å². The fourth-order valence-corrected chi connectivity index (χ4v) is 2.88. The van der Waals surface area contributed by atoms with Crippen molar-refractivity contribution in [2.24, 2.45) is 11.8 Å². The topological polar surface area (TPSA) is 40.5 Å². The van der Waals surface area contributed by atoms with E-state index in [0.717, 1.165) is 25.7 Å². The van der Waals surface area contributed by atoms with Gasteiger partial charge in [-0.1, -0.05) is 6.42 Å². The summed E-state index contributed by atoms with van der Waals surface area (Å²) >= 11 is 0. The molecule has 0 amide bonds. The van der Waals surface area contributed by atoms with Crippen molar-refractivity contribution in [2.75, 3.05) is 0 Å². The molecule has 4 atom stereocenters. The van der Waals surface area contributed by atoms with Crippen molar-refractivity contribution in [1.82, 2.24) is 0 Å². The lowest BCUT2D eigenvalue weighted by Gasteiger charge is -2.40. The van der Waals surface area contributed by atoms with E-state index in [9.17, 15) is 10.2 Å². The van der Waals surface area contributed by atoms with E-state index >= 15 is 0 Å². The second kappa shape index (κ2) is 3.35. The van der Waals surface area contributed by atoms with Gasteiger partial charge in [0.25, 0.3) is 0 Å². The van der Waals surface area contributed by atoms with E-state index < -0.39 is 0 Å². The van der Waals surface area contributed by atoms with Gasteiger partial charge in [0, 0.05) is 0 Å². The van der Waals surface area contributed by atoms with Crippen molar-refractivity contribution in [1.29, 1.82) is 0 Å². The average Bonchev–Trinajstić information content (AvgIpc) is 2.07. The van der Waals surface area contributed by atoms with Crippen LogP contribution in [0.3, 0.4) is 0 Å². The first-order chi connectivity index (χ1) is 5.77. The summed E-state index contributed by atoms with van der Waals surface area (Å²) in [5, 5.41) is 19.2. The molecule has 70 valence electrons. The molecule has 2 saturated carbocycles. The molecule has 2 aliphatic carbocycles. The first-order valence-corrected chi connectivity index (χ1v) is 5.13. The lowest BCUT2D eigenvalue weighted by atomic mass is 9.69. The summed E-state index contributed by atoms with van der Waals surface area (Å²) in [6, 6.07) is 0. The average molecular weight is 170 g/mol. The predicted molar refractivity (Wildman–Crippen MR) is 46.7 cm³/mol. The van der Waals surface area contributed by atoms with Gasteiger partial charge in [0.15, 0.2) is 0 Å². The van der Waals surface area contributed by atoms with Crippen LogP contribution in [0.4, 0.5) is 0 Å². The van der Waals surface area contributed by atoms with Gasteiger partial charge in [-0.25, -0.2) is 0 Å². The fraction of sp³-hybridized carbons (Fsp3) is 1.00. The highest BCUT2D eigenvalue weighted by molar-refractivity contribution is 4.87. The Hall–Kier alpha value is -0.0800. The molecule has 0 aromatic heterocycles. The Kier molecular flexibility index (Phi) is 2.37. The third-order valence-corrected chi connectivity index (χ3v) is 3.59. The molecule has 4 unspecified atom stereocenters. The van der Waals surface area contributed by atoms with Crippen LogP contribution in [0.15, 0.2) is 0 Å². The van der Waals surface area contributed by atoms with E-state index in [4.69, 9.17) is 0 Å². The van der Waals surface area contributed by atoms with Crippen LogP contribution in [0.2, 0.25) is 0 Å². The molecule has 0 heterocycles. The van der Waals surface area contributed by atoms with Gasteiger partial charge < -0.3 is 10.2 Å². The summed E-state index contributed by atoms with van der Waals surface area (Å²) in [6.45, 7) is 0. The Labute approximate surface area is 73.6 Å². The molecule has 2 nitrogen and oxygen atoms in total. The van der Waals surface area contributed by atoms with Crippen LogP contribution >= 0.6 is 0 Å². The second-order valence-electron chi connectivity index (χ2n) is 4.39. The van der Waals surface area contributed by atoms with Crippen molar-refractivity contribution in [3.63, 3.8) is 0 Å². The Bertz CT molecular complexity index is 158. The molecule has 12 heavy (non-hydrogen) atoms. The standard InChI is InChI=1S/C10H18O2/c11-8-5-4-7-2-1-3-10(12)9(7)6-8/h7-12H,1-6H2. The Morgan fingerprint density at radius 2 is 1.75 bits per heavy atom.